The van der Waals surface area contributed by atoms with Crippen molar-refractivity contribution in [2.24, 2.45) is 0 Å². The Labute approximate surface area is 135 Å². The van der Waals surface area contributed by atoms with E-state index in [4.69, 9.17) is 0 Å². The molecule has 0 saturated carbocycles. The Morgan fingerprint density at radius 1 is 0.913 bits per heavy atom. The highest BCUT2D eigenvalue weighted by Crippen LogP contribution is 2.33. The first-order valence-corrected chi connectivity index (χ1v) is 7.60. The molecule has 3 nitrogen and oxygen atoms in total. The van der Waals surface area contributed by atoms with Crippen LogP contribution in [0.3, 0.4) is 0 Å². The van der Waals surface area contributed by atoms with Crippen LogP contribution >= 0.6 is 11.8 Å². The molecular formula is C17H11F2NO2S. The zero-order valence-electron chi connectivity index (χ0n) is 11.8. The van der Waals surface area contributed by atoms with Crippen molar-refractivity contribution in [1.82, 2.24) is 4.90 Å². The van der Waals surface area contributed by atoms with Gasteiger partial charge in [-0.1, -0.05) is 24.3 Å². The lowest BCUT2D eigenvalue weighted by Gasteiger charge is -2.12. The third kappa shape index (κ3) is 3.48. The molecule has 1 aliphatic heterocycles. The zero-order valence-corrected chi connectivity index (χ0v) is 12.6. The normalized spacial score (nSPS) is 16.4. The molecule has 2 amide bonds. The summed E-state index contributed by atoms with van der Waals surface area (Å²) in [4.78, 5) is 25.7. The minimum Gasteiger partial charge on any atom is -0.268 e. The molecule has 0 aromatic heterocycles. The predicted molar refractivity (Wildman–Crippen MR) is 84.3 cm³/mol. The summed E-state index contributed by atoms with van der Waals surface area (Å²) in [5.74, 6) is -1.15. The van der Waals surface area contributed by atoms with E-state index in [0.29, 0.717) is 11.1 Å². The second kappa shape index (κ2) is 6.34. The van der Waals surface area contributed by atoms with Crippen LogP contribution in [0, 0.1) is 11.6 Å². The van der Waals surface area contributed by atoms with E-state index in [9.17, 15) is 18.4 Å². The molecule has 0 bridgehead atoms. The standard InChI is InChI=1S/C17H11F2NO2S/c18-13-5-1-11(2-6-13)9-15-16(21)20(17(22)23-15)10-12-3-7-14(19)8-4-12/h1-9H,10H2. The quantitative estimate of drug-likeness (QED) is 0.791. The molecular weight excluding hydrogens is 320 g/mol. The van der Waals surface area contributed by atoms with E-state index < -0.39 is 5.91 Å². The molecule has 6 heteroatoms. The summed E-state index contributed by atoms with van der Waals surface area (Å²) in [5, 5.41) is -0.382. The zero-order chi connectivity index (χ0) is 16.4. The molecule has 3 rings (SSSR count). The van der Waals surface area contributed by atoms with Gasteiger partial charge in [0.25, 0.3) is 11.1 Å². The van der Waals surface area contributed by atoms with Crippen LogP contribution in [0.1, 0.15) is 11.1 Å². The van der Waals surface area contributed by atoms with E-state index in [1.807, 2.05) is 0 Å². The fraction of sp³-hybridized carbons (Fsp3) is 0.0588. The summed E-state index contributed by atoms with van der Waals surface area (Å²) < 4.78 is 25.8. The van der Waals surface area contributed by atoms with Crippen LogP contribution in [-0.4, -0.2) is 16.0 Å². The number of thioether (sulfide) groups is 1. The molecule has 0 unspecified atom stereocenters. The second-order valence-electron chi connectivity index (χ2n) is 4.95. The lowest BCUT2D eigenvalue weighted by molar-refractivity contribution is -0.123. The monoisotopic (exact) mass is 331 g/mol. The summed E-state index contributed by atoms with van der Waals surface area (Å²) in [6.45, 7) is 0.0890. The van der Waals surface area contributed by atoms with Crippen molar-refractivity contribution in [3.63, 3.8) is 0 Å². The maximum Gasteiger partial charge on any atom is 0.293 e. The van der Waals surface area contributed by atoms with Gasteiger partial charge in [0.1, 0.15) is 11.6 Å². The van der Waals surface area contributed by atoms with Crippen molar-refractivity contribution in [2.45, 2.75) is 6.54 Å². The minimum atomic E-state index is -0.409. The molecule has 0 aliphatic carbocycles. The first kappa shape index (κ1) is 15.4. The first-order valence-electron chi connectivity index (χ1n) is 6.78. The molecule has 1 aliphatic rings. The second-order valence-corrected chi connectivity index (χ2v) is 5.94. The third-order valence-electron chi connectivity index (χ3n) is 3.30. The summed E-state index contributed by atoms with van der Waals surface area (Å²) >= 11 is 0.834. The van der Waals surface area contributed by atoms with Gasteiger partial charge in [-0.05, 0) is 53.2 Å². The molecule has 2 aromatic carbocycles. The van der Waals surface area contributed by atoms with E-state index in [1.165, 1.54) is 48.5 Å². The molecule has 0 spiro atoms. The lowest BCUT2D eigenvalue weighted by atomic mass is 10.2. The molecule has 116 valence electrons. The van der Waals surface area contributed by atoms with E-state index in [1.54, 1.807) is 6.08 Å². The molecule has 2 aromatic rings. The van der Waals surface area contributed by atoms with Crippen LogP contribution in [0.2, 0.25) is 0 Å². The van der Waals surface area contributed by atoms with Crippen molar-refractivity contribution in [3.8, 4) is 0 Å². The number of hydrogen-bond acceptors (Lipinski definition) is 3. The van der Waals surface area contributed by atoms with Gasteiger partial charge < -0.3 is 0 Å². The van der Waals surface area contributed by atoms with Crippen LogP contribution in [-0.2, 0) is 11.3 Å². The maximum atomic E-state index is 12.9. The number of hydrogen-bond donors (Lipinski definition) is 0. The SMILES string of the molecule is O=C1SC(=Cc2ccc(F)cc2)C(=O)N1Cc1ccc(F)cc1. The smallest absolute Gasteiger partial charge is 0.268 e. The topological polar surface area (TPSA) is 37.4 Å². The van der Waals surface area contributed by atoms with E-state index in [0.717, 1.165) is 16.7 Å². The number of nitrogens with zero attached hydrogens (tertiary/aromatic N) is 1. The van der Waals surface area contributed by atoms with Gasteiger partial charge in [0.2, 0.25) is 0 Å². The van der Waals surface area contributed by atoms with E-state index in [2.05, 4.69) is 0 Å². The van der Waals surface area contributed by atoms with E-state index in [-0.39, 0.29) is 28.3 Å². The van der Waals surface area contributed by atoms with Crippen LogP contribution < -0.4 is 0 Å². The predicted octanol–water partition coefficient (Wildman–Crippen LogP) is 4.20. The fourth-order valence-corrected chi connectivity index (χ4v) is 2.96. The van der Waals surface area contributed by atoms with Gasteiger partial charge in [0, 0.05) is 0 Å². The fourth-order valence-electron chi connectivity index (χ4n) is 2.12. The van der Waals surface area contributed by atoms with Gasteiger partial charge in [-0.2, -0.15) is 0 Å². The van der Waals surface area contributed by atoms with Crippen molar-refractivity contribution >= 4 is 29.0 Å². The molecule has 1 saturated heterocycles. The Bertz CT molecular complexity index is 785. The number of benzene rings is 2. The van der Waals surface area contributed by atoms with Crippen LogP contribution in [0.25, 0.3) is 6.08 Å². The Morgan fingerprint density at radius 2 is 1.48 bits per heavy atom. The van der Waals surface area contributed by atoms with Crippen LogP contribution in [0.15, 0.2) is 53.4 Å². The van der Waals surface area contributed by atoms with E-state index >= 15 is 0 Å². The summed E-state index contributed by atoms with van der Waals surface area (Å²) in [6.07, 6.45) is 1.55. The molecule has 0 atom stereocenters. The summed E-state index contributed by atoms with van der Waals surface area (Å²) in [5.41, 5.74) is 1.30. The first-order chi connectivity index (χ1) is 11.0. The van der Waals surface area contributed by atoms with Crippen molar-refractivity contribution in [2.75, 3.05) is 0 Å². The van der Waals surface area contributed by atoms with Gasteiger partial charge in [0.15, 0.2) is 0 Å². The number of imide groups is 1. The molecule has 0 radical (unpaired) electrons. The number of carbonyl (C=O) groups excluding carboxylic acids is 2. The Kier molecular flexibility index (Phi) is 4.25. The lowest BCUT2D eigenvalue weighted by Crippen LogP contribution is -2.27. The summed E-state index contributed by atoms with van der Waals surface area (Å²) in [6, 6.07) is 11.3. The molecule has 23 heavy (non-hydrogen) atoms. The van der Waals surface area contributed by atoms with Gasteiger partial charge >= 0.3 is 0 Å². The van der Waals surface area contributed by atoms with Gasteiger partial charge in [-0.3, -0.25) is 14.5 Å². The molecule has 1 fully saturated rings. The Hall–Kier alpha value is -2.47. The Morgan fingerprint density at radius 3 is 2.09 bits per heavy atom. The van der Waals surface area contributed by atoms with Crippen molar-refractivity contribution in [1.29, 1.82) is 0 Å². The number of carbonyl (C=O) groups is 2. The van der Waals surface area contributed by atoms with Gasteiger partial charge in [-0.25, -0.2) is 8.78 Å². The highest BCUT2D eigenvalue weighted by molar-refractivity contribution is 8.18. The van der Waals surface area contributed by atoms with Crippen LogP contribution in [0.4, 0.5) is 13.6 Å². The average molecular weight is 331 g/mol. The van der Waals surface area contributed by atoms with Gasteiger partial charge in [0.05, 0.1) is 11.4 Å². The molecule has 1 heterocycles. The van der Waals surface area contributed by atoms with Gasteiger partial charge in [-0.15, -0.1) is 0 Å². The maximum absolute atomic E-state index is 12.9. The minimum absolute atomic E-state index is 0.0890. The average Bonchev–Trinajstić information content (AvgIpc) is 2.79. The van der Waals surface area contributed by atoms with Crippen molar-refractivity contribution < 1.29 is 18.4 Å². The highest BCUT2D eigenvalue weighted by atomic mass is 32.2. The summed E-state index contributed by atoms with van der Waals surface area (Å²) in [7, 11) is 0. The number of halogens is 2. The Balaban J connectivity index is 1.79. The number of amides is 2. The molecule has 0 N–H and O–H groups in total. The van der Waals surface area contributed by atoms with Crippen LogP contribution in [0.5, 0.6) is 0 Å². The largest absolute Gasteiger partial charge is 0.293 e. The number of rotatable bonds is 3. The highest BCUT2D eigenvalue weighted by Gasteiger charge is 2.34. The van der Waals surface area contributed by atoms with Crippen molar-refractivity contribution in [3.05, 3.63) is 76.2 Å². The third-order valence-corrected chi connectivity index (χ3v) is 4.20.